The average Bonchev–Trinajstić information content (AvgIpc) is 2.86. The summed E-state index contributed by atoms with van der Waals surface area (Å²) in [6, 6.07) is 5.05. The molecule has 1 aliphatic rings. The minimum absolute atomic E-state index is 0. The molecule has 0 aromatic heterocycles. The number of rotatable bonds is 6. The van der Waals surface area contributed by atoms with Gasteiger partial charge in [-0.15, -0.1) is 17.5 Å². The molecular formula is C14H20Cl3N5O2. The molecule has 0 fully saturated rings. The Hall–Kier alpha value is -1.38. The maximum Gasteiger partial charge on any atom is 0.359 e. The summed E-state index contributed by atoms with van der Waals surface area (Å²) in [6.07, 6.45) is 0. The molecule has 0 saturated carbocycles. The van der Waals surface area contributed by atoms with Crippen LogP contribution in [0, 0.1) is 0 Å². The van der Waals surface area contributed by atoms with Gasteiger partial charge in [-0.1, -0.05) is 23.2 Å². The lowest BCUT2D eigenvalue weighted by Gasteiger charge is -2.20. The van der Waals surface area contributed by atoms with Crippen molar-refractivity contribution in [2.24, 2.45) is 0 Å². The lowest BCUT2D eigenvalue weighted by molar-refractivity contribution is -0.136. The molecule has 10 heteroatoms. The number of likely N-dealkylation sites (N-methyl/N-ethyl adjacent to an activating group) is 1. The number of ether oxygens (including phenoxy) is 1. The van der Waals surface area contributed by atoms with Crippen LogP contribution in [-0.4, -0.2) is 50.3 Å². The topological polar surface area (TPSA) is 68.9 Å². The van der Waals surface area contributed by atoms with Crippen LogP contribution < -0.4 is 16.2 Å². The van der Waals surface area contributed by atoms with Crippen LogP contribution in [0.4, 0.5) is 5.69 Å². The number of benzene rings is 1. The van der Waals surface area contributed by atoms with Crippen molar-refractivity contribution in [1.29, 1.82) is 0 Å². The van der Waals surface area contributed by atoms with Crippen molar-refractivity contribution in [3.8, 4) is 0 Å². The quantitative estimate of drug-likeness (QED) is 0.636. The molecule has 0 amide bonds. The van der Waals surface area contributed by atoms with E-state index in [9.17, 15) is 4.79 Å². The van der Waals surface area contributed by atoms with Crippen LogP contribution in [0.1, 0.15) is 0 Å². The van der Waals surface area contributed by atoms with Gasteiger partial charge in [0.15, 0.2) is 11.5 Å². The van der Waals surface area contributed by atoms with Crippen LogP contribution in [0.5, 0.6) is 0 Å². The molecule has 0 aliphatic carbocycles. The Balaban J connectivity index is 0.00000288. The second-order valence-electron chi connectivity index (χ2n) is 5.20. The summed E-state index contributed by atoms with van der Waals surface area (Å²) < 4.78 is 4.79. The minimum Gasteiger partial charge on any atom is -0.464 e. The van der Waals surface area contributed by atoms with Crippen molar-refractivity contribution < 1.29 is 9.53 Å². The normalized spacial score (nSPS) is 14.1. The predicted molar refractivity (Wildman–Crippen MR) is 97.9 cm³/mol. The zero-order valence-corrected chi connectivity index (χ0v) is 15.8. The largest absolute Gasteiger partial charge is 0.464 e. The van der Waals surface area contributed by atoms with Gasteiger partial charge < -0.3 is 15.0 Å². The van der Waals surface area contributed by atoms with Gasteiger partial charge in [0.2, 0.25) is 0 Å². The Morgan fingerprint density at radius 2 is 1.88 bits per heavy atom. The molecule has 134 valence electrons. The first-order valence-corrected chi connectivity index (χ1v) is 7.66. The molecular weight excluding hydrogens is 377 g/mol. The van der Waals surface area contributed by atoms with Crippen molar-refractivity contribution in [1.82, 2.24) is 20.9 Å². The third kappa shape index (κ3) is 5.61. The maximum absolute atomic E-state index is 11.9. The maximum atomic E-state index is 11.9. The Labute approximate surface area is 157 Å². The molecule has 1 heterocycles. The standard InChI is InChI=1S/C14H19Cl2N5O2.ClH/c1-20(2)4-5-21-18-12(14(22)23-3)13(19-21)17-11-7-9(15)6-10(16)8-11;/h6-8,17-19H,4-5H2,1-3H3;1H. The second kappa shape index (κ2) is 9.19. The Kier molecular flexibility index (Phi) is 7.92. The Morgan fingerprint density at radius 3 is 2.42 bits per heavy atom. The first-order chi connectivity index (χ1) is 10.9. The summed E-state index contributed by atoms with van der Waals surface area (Å²) >= 11 is 12.0. The molecule has 1 aromatic carbocycles. The van der Waals surface area contributed by atoms with Gasteiger partial charge in [0.25, 0.3) is 0 Å². The smallest absolute Gasteiger partial charge is 0.359 e. The molecule has 1 aromatic rings. The van der Waals surface area contributed by atoms with Gasteiger partial charge in [-0.05, 0) is 32.3 Å². The molecule has 2 rings (SSSR count). The highest BCUT2D eigenvalue weighted by molar-refractivity contribution is 6.35. The first-order valence-electron chi connectivity index (χ1n) is 6.90. The summed E-state index contributed by atoms with van der Waals surface area (Å²) in [5.74, 6) is -0.0191. The Bertz CT molecular complexity index is 604. The van der Waals surface area contributed by atoms with Crippen LogP contribution in [0.2, 0.25) is 10.0 Å². The van der Waals surface area contributed by atoms with Crippen LogP contribution in [0.15, 0.2) is 29.7 Å². The zero-order valence-electron chi connectivity index (χ0n) is 13.5. The van der Waals surface area contributed by atoms with Crippen molar-refractivity contribution in [3.05, 3.63) is 39.8 Å². The summed E-state index contributed by atoms with van der Waals surface area (Å²) in [4.78, 5) is 14.0. The summed E-state index contributed by atoms with van der Waals surface area (Å²) in [6.45, 7) is 1.44. The fraction of sp³-hybridized carbons (Fsp3) is 0.357. The highest BCUT2D eigenvalue weighted by Crippen LogP contribution is 2.24. The highest BCUT2D eigenvalue weighted by Gasteiger charge is 2.27. The van der Waals surface area contributed by atoms with Crippen molar-refractivity contribution in [3.63, 3.8) is 0 Å². The van der Waals surface area contributed by atoms with Gasteiger partial charge in [0.05, 0.1) is 13.7 Å². The number of hydrazine groups is 2. The molecule has 0 radical (unpaired) electrons. The number of carbonyl (C=O) groups is 1. The van der Waals surface area contributed by atoms with Crippen LogP contribution in [0.3, 0.4) is 0 Å². The molecule has 3 N–H and O–H groups in total. The van der Waals surface area contributed by atoms with E-state index in [0.717, 1.165) is 6.54 Å². The number of halogens is 3. The molecule has 24 heavy (non-hydrogen) atoms. The van der Waals surface area contributed by atoms with Gasteiger partial charge in [-0.25, -0.2) is 4.79 Å². The summed E-state index contributed by atoms with van der Waals surface area (Å²) in [5, 5.41) is 5.77. The molecule has 0 saturated heterocycles. The molecule has 0 spiro atoms. The van der Waals surface area contributed by atoms with Gasteiger partial charge in [0.1, 0.15) is 0 Å². The van der Waals surface area contributed by atoms with E-state index in [1.54, 1.807) is 23.3 Å². The van der Waals surface area contributed by atoms with E-state index in [2.05, 4.69) is 16.2 Å². The number of hydrogen-bond donors (Lipinski definition) is 3. The molecule has 7 nitrogen and oxygen atoms in total. The van der Waals surface area contributed by atoms with E-state index in [-0.39, 0.29) is 18.1 Å². The van der Waals surface area contributed by atoms with E-state index in [1.807, 2.05) is 19.0 Å². The van der Waals surface area contributed by atoms with E-state index in [1.165, 1.54) is 7.11 Å². The Morgan fingerprint density at radius 1 is 1.25 bits per heavy atom. The third-order valence-electron chi connectivity index (χ3n) is 3.04. The number of carbonyl (C=O) groups excluding carboxylic acids is 1. The van der Waals surface area contributed by atoms with E-state index >= 15 is 0 Å². The number of anilines is 1. The highest BCUT2D eigenvalue weighted by atomic mass is 35.5. The van der Waals surface area contributed by atoms with Crippen molar-refractivity contribution in [2.45, 2.75) is 0 Å². The zero-order chi connectivity index (χ0) is 17.0. The van der Waals surface area contributed by atoms with E-state index < -0.39 is 5.97 Å². The molecule has 0 unspecified atom stereocenters. The fourth-order valence-electron chi connectivity index (χ4n) is 1.93. The van der Waals surface area contributed by atoms with Crippen molar-refractivity contribution >= 4 is 47.3 Å². The number of nitrogens with zero attached hydrogens (tertiary/aromatic N) is 2. The SMILES string of the molecule is COC(=O)C1=C(Nc2cc(Cl)cc(Cl)c2)NN(CCN(C)C)N1.Cl. The number of nitrogens with one attached hydrogen (secondary N) is 3. The number of esters is 1. The number of hydrogen-bond acceptors (Lipinski definition) is 7. The van der Waals surface area contributed by atoms with Crippen LogP contribution in [0.25, 0.3) is 0 Å². The predicted octanol–water partition coefficient (Wildman–Crippen LogP) is 2.06. The van der Waals surface area contributed by atoms with Gasteiger partial charge in [-0.3, -0.25) is 10.9 Å². The summed E-state index contributed by atoms with van der Waals surface area (Å²) in [7, 11) is 5.27. The monoisotopic (exact) mass is 395 g/mol. The average molecular weight is 397 g/mol. The molecule has 0 atom stereocenters. The first kappa shape index (κ1) is 20.7. The molecule has 0 bridgehead atoms. The van der Waals surface area contributed by atoms with E-state index in [0.29, 0.717) is 28.1 Å². The third-order valence-corrected chi connectivity index (χ3v) is 3.47. The lowest BCUT2D eigenvalue weighted by Crippen LogP contribution is -2.44. The van der Waals surface area contributed by atoms with Gasteiger partial charge in [0, 0.05) is 22.3 Å². The minimum atomic E-state index is -0.486. The molecule has 1 aliphatic heterocycles. The van der Waals surface area contributed by atoms with E-state index in [4.69, 9.17) is 27.9 Å². The summed E-state index contributed by atoms with van der Waals surface area (Å²) in [5.41, 5.74) is 6.98. The van der Waals surface area contributed by atoms with Gasteiger partial charge >= 0.3 is 5.97 Å². The van der Waals surface area contributed by atoms with Crippen LogP contribution in [-0.2, 0) is 9.53 Å². The van der Waals surface area contributed by atoms with Crippen molar-refractivity contribution in [2.75, 3.05) is 39.6 Å². The van der Waals surface area contributed by atoms with Crippen LogP contribution >= 0.6 is 35.6 Å². The second-order valence-corrected chi connectivity index (χ2v) is 6.08. The fourth-order valence-corrected chi connectivity index (χ4v) is 2.46. The lowest BCUT2D eigenvalue weighted by atomic mass is 10.3. The number of methoxy groups -OCH3 is 1. The van der Waals surface area contributed by atoms with Gasteiger partial charge in [-0.2, -0.15) is 0 Å².